The Kier molecular flexibility index (Phi) is 5.35. The van der Waals surface area contributed by atoms with E-state index in [9.17, 15) is 4.79 Å². The number of nitrogens with one attached hydrogen (secondary N) is 1. The molecular formula is C20H23BrN6O2. The van der Waals surface area contributed by atoms with Crippen molar-refractivity contribution in [2.45, 2.75) is 39.0 Å². The topological polar surface area (TPSA) is 94.8 Å². The Hall–Kier alpha value is -2.39. The molecule has 1 amide bonds. The van der Waals surface area contributed by atoms with Gasteiger partial charge in [-0.2, -0.15) is 0 Å². The van der Waals surface area contributed by atoms with Crippen LogP contribution in [0.2, 0.25) is 0 Å². The summed E-state index contributed by atoms with van der Waals surface area (Å²) in [7, 11) is 0. The number of alkyl halides is 1. The number of amides is 1. The predicted molar refractivity (Wildman–Crippen MR) is 113 cm³/mol. The number of halogens is 1. The van der Waals surface area contributed by atoms with E-state index in [0.717, 1.165) is 6.42 Å². The van der Waals surface area contributed by atoms with Gasteiger partial charge in [0.1, 0.15) is 0 Å². The fourth-order valence-electron chi connectivity index (χ4n) is 4.05. The summed E-state index contributed by atoms with van der Waals surface area (Å²) in [5, 5.41) is 15.5. The minimum absolute atomic E-state index is 0.145. The number of rotatable bonds is 5. The van der Waals surface area contributed by atoms with Crippen molar-refractivity contribution in [1.82, 2.24) is 25.0 Å². The van der Waals surface area contributed by atoms with Crippen LogP contribution >= 0.6 is 15.9 Å². The van der Waals surface area contributed by atoms with Crippen LogP contribution in [0.3, 0.4) is 0 Å². The fourth-order valence-corrected chi connectivity index (χ4v) is 4.96. The lowest BCUT2D eigenvalue weighted by Crippen LogP contribution is -2.40. The third kappa shape index (κ3) is 3.22. The molecule has 0 aliphatic carbocycles. The van der Waals surface area contributed by atoms with Gasteiger partial charge in [0.25, 0.3) is 5.91 Å². The molecule has 8 nitrogen and oxygen atoms in total. The zero-order valence-corrected chi connectivity index (χ0v) is 18.1. The monoisotopic (exact) mass is 458 g/mol. The van der Waals surface area contributed by atoms with E-state index in [1.165, 1.54) is 0 Å². The van der Waals surface area contributed by atoms with Crippen molar-refractivity contribution in [1.29, 1.82) is 0 Å². The van der Waals surface area contributed by atoms with Crippen LogP contribution in [0, 0.1) is 11.8 Å². The number of hydrogen-bond donors (Lipinski definition) is 1. The van der Waals surface area contributed by atoms with Crippen LogP contribution in [0.4, 0.5) is 5.82 Å². The first-order valence-electron chi connectivity index (χ1n) is 9.69. The molecule has 1 saturated heterocycles. The molecule has 1 aliphatic heterocycles. The van der Waals surface area contributed by atoms with E-state index in [4.69, 9.17) is 4.74 Å². The number of benzene rings is 1. The molecule has 152 valence electrons. The van der Waals surface area contributed by atoms with Crippen molar-refractivity contribution in [2.75, 3.05) is 10.6 Å². The summed E-state index contributed by atoms with van der Waals surface area (Å²) < 4.78 is 8.43. The molecule has 0 bridgehead atoms. The molecule has 1 aliphatic rings. The summed E-state index contributed by atoms with van der Waals surface area (Å²) in [4.78, 5) is 17.0. The van der Waals surface area contributed by atoms with Gasteiger partial charge >= 0.3 is 0 Å². The van der Waals surface area contributed by atoms with Crippen LogP contribution in [-0.4, -0.2) is 42.3 Å². The number of anilines is 1. The lowest BCUT2D eigenvalue weighted by Gasteiger charge is -2.33. The Morgan fingerprint density at radius 2 is 2.03 bits per heavy atom. The Morgan fingerprint density at radius 1 is 1.28 bits per heavy atom. The molecule has 0 saturated carbocycles. The number of aromatic nitrogens is 5. The second kappa shape index (κ2) is 7.79. The van der Waals surface area contributed by atoms with Gasteiger partial charge in [0.05, 0.1) is 17.8 Å². The smallest absolute Gasteiger partial charge is 0.256 e. The molecule has 1 N–H and O–H groups in total. The zero-order chi connectivity index (χ0) is 20.6. The Balaban J connectivity index is 1.73. The highest BCUT2D eigenvalue weighted by atomic mass is 79.9. The molecule has 29 heavy (non-hydrogen) atoms. The van der Waals surface area contributed by atoms with E-state index in [1.807, 2.05) is 10.6 Å². The summed E-state index contributed by atoms with van der Waals surface area (Å²) in [6.45, 7) is 6.52. The summed E-state index contributed by atoms with van der Waals surface area (Å²) in [5.74, 6) is 0.601. The first-order chi connectivity index (χ1) is 14.0. The number of fused-ring (bicyclic) bond motifs is 1. The summed E-state index contributed by atoms with van der Waals surface area (Å²) in [5.41, 5.74) is 0.903. The number of imidazole rings is 1. The van der Waals surface area contributed by atoms with Crippen LogP contribution in [0.1, 0.15) is 37.6 Å². The van der Waals surface area contributed by atoms with Crippen LogP contribution in [0.25, 0.3) is 11.2 Å². The average molecular weight is 459 g/mol. The van der Waals surface area contributed by atoms with Gasteiger partial charge in [0.15, 0.2) is 22.7 Å². The summed E-state index contributed by atoms with van der Waals surface area (Å²) in [6.07, 6.45) is 2.77. The Labute approximate surface area is 177 Å². The molecule has 0 spiro atoms. The molecule has 2 aromatic heterocycles. The van der Waals surface area contributed by atoms with Gasteiger partial charge in [-0.15, -0.1) is 10.2 Å². The van der Waals surface area contributed by atoms with Gasteiger partial charge in [-0.1, -0.05) is 54.9 Å². The Morgan fingerprint density at radius 3 is 2.69 bits per heavy atom. The first-order valence-corrected chi connectivity index (χ1v) is 10.8. The third-order valence-electron chi connectivity index (χ3n) is 5.96. The predicted octanol–water partition coefficient (Wildman–Crippen LogP) is 3.60. The maximum atomic E-state index is 12.6. The van der Waals surface area contributed by atoms with Gasteiger partial charge < -0.3 is 10.1 Å². The molecule has 0 radical (unpaired) electrons. The van der Waals surface area contributed by atoms with E-state index in [2.05, 4.69) is 62.4 Å². The van der Waals surface area contributed by atoms with E-state index < -0.39 is 5.72 Å². The maximum Gasteiger partial charge on any atom is 0.256 e. The van der Waals surface area contributed by atoms with Gasteiger partial charge in [0, 0.05) is 11.5 Å². The lowest BCUT2D eigenvalue weighted by molar-refractivity contribution is -0.0956. The normalized spacial score (nSPS) is 26.7. The standard InChI is InChI=1S/C20H23BrN6O2/c1-4-15-12(2)13(3)20(10-21,29-15)27-11-22-16-17(24-26-25-18(16)27)23-19(28)14-8-6-5-7-9-14/h5-9,11-13,15H,4,10H2,1-3H3,(H,23,24,25,28)/t12-,13+,15-,20?/m1/s1. The van der Waals surface area contributed by atoms with Crippen molar-refractivity contribution < 1.29 is 9.53 Å². The summed E-state index contributed by atoms with van der Waals surface area (Å²) >= 11 is 3.65. The molecule has 1 unspecified atom stereocenters. The van der Waals surface area contributed by atoms with Gasteiger partial charge in [-0.25, -0.2) is 4.98 Å². The number of ether oxygens (including phenoxy) is 1. The zero-order valence-electron chi connectivity index (χ0n) is 16.5. The SMILES string of the molecule is CC[C@H]1OC(CBr)(n2cnc3c(NC(=O)c4ccccc4)nnnc32)[C@@H](C)[C@H]1C. The molecule has 4 rings (SSSR count). The molecular weight excluding hydrogens is 436 g/mol. The number of hydrogen-bond acceptors (Lipinski definition) is 6. The van der Waals surface area contributed by atoms with Crippen molar-refractivity contribution in [2.24, 2.45) is 11.8 Å². The average Bonchev–Trinajstić information content (AvgIpc) is 3.30. The fraction of sp³-hybridized carbons (Fsp3) is 0.450. The largest absolute Gasteiger partial charge is 0.350 e. The van der Waals surface area contributed by atoms with Gasteiger partial charge in [0.2, 0.25) is 0 Å². The molecule has 3 aromatic rings. The molecule has 4 atom stereocenters. The van der Waals surface area contributed by atoms with E-state index >= 15 is 0 Å². The summed E-state index contributed by atoms with van der Waals surface area (Å²) in [6, 6.07) is 8.94. The van der Waals surface area contributed by atoms with Gasteiger partial charge in [-0.3, -0.25) is 9.36 Å². The number of nitrogens with zero attached hydrogens (tertiary/aromatic N) is 5. The molecule has 3 heterocycles. The molecule has 9 heteroatoms. The highest BCUT2D eigenvalue weighted by Crippen LogP contribution is 2.47. The van der Waals surface area contributed by atoms with Crippen LogP contribution in [0.15, 0.2) is 36.7 Å². The van der Waals surface area contributed by atoms with E-state index in [0.29, 0.717) is 28.0 Å². The van der Waals surface area contributed by atoms with Crippen LogP contribution < -0.4 is 5.32 Å². The van der Waals surface area contributed by atoms with Gasteiger partial charge in [-0.05, 0) is 29.7 Å². The number of carbonyl (C=O) groups excluding carboxylic acids is 1. The third-order valence-corrected chi connectivity index (χ3v) is 6.77. The van der Waals surface area contributed by atoms with Crippen molar-refractivity contribution in [3.05, 3.63) is 42.2 Å². The van der Waals surface area contributed by atoms with Crippen LogP contribution in [0.5, 0.6) is 0 Å². The minimum atomic E-state index is -0.633. The van der Waals surface area contributed by atoms with Crippen LogP contribution in [-0.2, 0) is 10.5 Å². The second-order valence-corrected chi connectivity index (χ2v) is 8.00. The highest BCUT2D eigenvalue weighted by molar-refractivity contribution is 9.09. The lowest BCUT2D eigenvalue weighted by atomic mass is 9.86. The van der Waals surface area contributed by atoms with E-state index in [1.54, 1.807) is 30.6 Å². The Bertz CT molecular complexity index is 1030. The van der Waals surface area contributed by atoms with Crippen molar-refractivity contribution in [3.8, 4) is 0 Å². The molecule has 1 fully saturated rings. The first kappa shape index (κ1) is 19.9. The molecule has 1 aromatic carbocycles. The minimum Gasteiger partial charge on any atom is -0.350 e. The van der Waals surface area contributed by atoms with Crippen molar-refractivity contribution >= 4 is 38.8 Å². The highest BCUT2D eigenvalue weighted by Gasteiger charge is 2.51. The quantitative estimate of drug-likeness (QED) is 0.586. The second-order valence-electron chi connectivity index (χ2n) is 7.44. The number of carbonyl (C=O) groups is 1. The van der Waals surface area contributed by atoms with Crippen molar-refractivity contribution in [3.63, 3.8) is 0 Å². The van der Waals surface area contributed by atoms with E-state index in [-0.39, 0.29) is 23.7 Å². The maximum absolute atomic E-state index is 12.6.